The molecular weight excluding hydrogens is 500 g/mol. The Labute approximate surface area is 225 Å². The van der Waals surface area contributed by atoms with Gasteiger partial charge in [0.15, 0.2) is 5.11 Å². The molecule has 0 radical (unpaired) electrons. The van der Waals surface area contributed by atoms with E-state index in [1.54, 1.807) is 30.5 Å². The van der Waals surface area contributed by atoms with E-state index >= 15 is 0 Å². The van der Waals surface area contributed by atoms with Crippen molar-refractivity contribution in [3.63, 3.8) is 0 Å². The lowest BCUT2D eigenvalue weighted by molar-refractivity contribution is -0.384. The molecule has 0 bridgehead atoms. The molecule has 2 fully saturated rings. The van der Waals surface area contributed by atoms with Crippen LogP contribution < -0.4 is 15.0 Å². The number of aromatic nitrogens is 1. The normalized spacial score (nSPS) is 19.5. The number of nitrogens with zero attached hydrogens (tertiary/aromatic N) is 3. The first-order chi connectivity index (χ1) is 18.6. The van der Waals surface area contributed by atoms with Crippen LogP contribution in [-0.2, 0) is 0 Å². The van der Waals surface area contributed by atoms with Gasteiger partial charge in [-0.3, -0.25) is 15.1 Å². The Hall–Kier alpha value is -4.24. The summed E-state index contributed by atoms with van der Waals surface area (Å²) in [7, 11) is 0. The molecule has 9 heteroatoms. The van der Waals surface area contributed by atoms with E-state index in [1.807, 2.05) is 53.4 Å². The summed E-state index contributed by atoms with van der Waals surface area (Å²) in [4.78, 5) is 17.8. The minimum absolute atomic E-state index is 0.00977. The maximum Gasteiger partial charge on any atom is 0.280 e. The zero-order valence-electron chi connectivity index (χ0n) is 20.5. The van der Waals surface area contributed by atoms with Crippen molar-refractivity contribution in [2.75, 3.05) is 4.90 Å². The fourth-order valence-corrected chi connectivity index (χ4v) is 5.65. The van der Waals surface area contributed by atoms with Crippen molar-refractivity contribution < 1.29 is 14.1 Å². The van der Waals surface area contributed by atoms with E-state index in [-0.39, 0.29) is 23.9 Å². The molecule has 192 valence electrons. The van der Waals surface area contributed by atoms with Crippen LogP contribution in [0, 0.1) is 10.1 Å². The second-order valence-electron chi connectivity index (χ2n) is 9.49. The summed E-state index contributed by atoms with van der Waals surface area (Å²) in [5.41, 5.74) is 2.11. The highest BCUT2D eigenvalue weighted by Crippen LogP contribution is 2.44. The minimum Gasteiger partial charge on any atom is -0.490 e. The zero-order chi connectivity index (χ0) is 26.1. The van der Waals surface area contributed by atoms with Gasteiger partial charge < -0.3 is 19.4 Å². The highest BCUT2D eigenvalue weighted by Gasteiger charge is 2.42. The molecule has 6 rings (SSSR count). The highest BCUT2D eigenvalue weighted by atomic mass is 32.1. The van der Waals surface area contributed by atoms with Crippen LogP contribution in [0.3, 0.4) is 0 Å². The molecule has 2 aliphatic rings. The molecule has 1 saturated carbocycles. The van der Waals surface area contributed by atoms with Crippen LogP contribution >= 0.6 is 12.2 Å². The predicted octanol–water partition coefficient (Wildman–Crippen LogP) is 6.75. The lowest BCUT2D eigenvalue weighted by atomic mass is 10.0. The van der Waals surface area contributed by atoms with Gasteiger partial charge in [0, 0.05) is 18.0 Å². The van der Waals surface area contributed by atoms with Crippen LogP contribution in [0.2, 0.25) is 0 Å². The van der Waals surface area contributed by atoms with Crippen molar-refractivity contribution in [2.45, 2.75) is 43.9 Å². The molecule has 38 heavy (non-hydrogen) atoms. The van der Waals surface area contributed by atoms with Gasteiger partial charge in [0.25, 0.3) is 5.69 Å². The second kappa shape index (κ2) is 10.3. The van der Waals surface area contributed by atoms with Crippen molar-refractivity contribution >= 4 is 28.7 Å². The van der Waals surface area contributed by atoms with Crippen molar-refractivity contribution in [3.05, 3.63) is 107 Å². The van der Waals surface area contributed by atoms with Crippen LogP contribution in [-0.4, -0.2) is 21.1 Å². The number of para-hydroxylation sites is 1. The first-order valence-corrected chi connectivity index (χ1v) is 13.1. The summed E-state index contributed by atoms with van der Waals surface area (Å²) in [6, 6.07) is 23.2. The first kappa shape index (κ1) is 24.1. The van der Waals surface area contributed by atoms with E-state index < -0.39 is 4.92 Å². The van der Waals surface area contributed by atoms with Crippen LogP contribution in [0.15, 0.2) is 89.5 Å². The Morgan fingerprint density at radius 1 is 1.00 bits per heavy atom. The standard InChI is InChI=1S/C29H26N4O4S/c34-33(35)24-11-4-3-9-22(24)25-16-17-26(37-25)28-27(23-10-5-6-18-30-23)31-29(38)32(28)19-12-14-21(15-13-19)36-20-7-1-2-8-20/h3-6,9-18,20,27-28H,1-2,7-8H2,(H,31,38)/t27-,28-/m0/s1. The molecule has 0 spiro atoms. The minimum atomic E-state index is -0.401. The molecule has 0 amide bonds. The number of rotatable bonds is 7. The Kier molecular flexibility index (Phi) is 6.51. The first-order valence-electron chi connectivity index (χ1n) is 12.7. The van der Waals surface area contributed by atoms with Gasteiger partial charge in [0.1, 0.15) is 23.3 Å². The van der Waals surface area contributed by atoms with Gasteiger partial charge in [-0.1, -0.05) is 18.2 Å². The third-order valence-corrected chi connectivity index (χ3v) is 7.42. The average molecular weight is 527 g/mol. The number of hydrogen-bond acceptors (Lipinski definition) is 6. The van der Waals surface area contributed by atoms with E-state index in [1.165, 1.54) is 18.9 Å². The maximum atomic E-state index is 11.6. The number of furan rings is 1. The molecule has 0 unspecified atom stereocenters. The Balaban J connectivity index is 1.37. The zero-order valence-corrected chi connectivity index (χ0v) is 21.3. The topological polar surface area (TPSA) is 93.7 Å². The van der Waals surface area contributed by atoms with Crippen molar-refractivity contribution in [2.24, 2.45) is 0 Å². The molecule has 2 aromatic carbocycles. The van der Waals surface area contributed by atoms with Gasteiger partial charge in [0.2, 0.25) is 0 Å². The van der Waals surface area contributed by atoms with Crippen molar-refractivity contribution in [3.8, 4) is 17.1 Å². The molecule has 1 saturated heterocycles. The van der Waals surface area contributed by atoms with E-state index in [0.29, 0.717) is 22.2 Å². The molecule has 2 aromatic heterocycles. The Morgan fingerprint density at radius 2 is 1.76 bits per heavy atom. The van der Waals surface area contributed by atoms with E-state index in [2.05, 4.69) is 10.3 Å². The highest BCUT2D eigenvalue weighted by molar-refractivity contribution is 7.80. The SMILES string of the molecule is O=[N+]([O-])c1ccccc1-c1ccc([C@H]2[C@H](c3ccccn3)NC(=S)N2c2ccc(OC3CCCC3)cc2)o1. The van der Waals surface area contributed by atoms with Crippen LogP contribution in [0.5, 0.6) is 5.75 Å². The van der Waals surface area contributed by atoms with E-state index in [9.17, 15) is 10.1 Å². The molecule has 8 nitrogen and oxygen atoms in total. The number of nitro benzene ring substituents is 1. The number of thiocarbonyl (C=S) groups is 1. The lowest BCUT2D eigenvalue weighted by Gasteiger charge is -2.26. The molecule has 1 N–H and O–H groups in total. The number of nitro groups is 1. The summed E-state index contributed by atoms with van der Waals surface area (Å²) in [6.07, 6.45) is 6.64. The number of benzene rings is 2. The lowest BCUT2D eigenvalue weighted by Crippen LogP contribution is -2.29. The molecule has 4 aromatic rings. The summed E-state index contributed by atoms with van der Waals surface area (Å²) < 4.78 is 12.5. The molecule has 1 aliphatic carbocycles. The number of anilines is 1. The summed E-state index contributed by atoms with van der Waals surface area (Å²) in [5, 5.41) is 15.6. The monoisotopic (exact) mass is 526 g/mol. The molecule has 1 aliphatic heterocycles. The molecular formula is C29H26N4O4S. The molecule has 3 heterocycles. The number of hydrogen-bond donors (Lipinski definition) is 1. The van der Waals surface area contributed by atoms with Crippen LogP contribution in [0.4, 0.5) is 11.4 Å². The van der Waals surface area contributed by atoms with Gasteiger partial charge in [-0.15, -0.1) is 0 Å². The largest absolute Gasteiger partial charge is 0.490 e. The summed E-state index contributed by atoms with van der Waals surface area (Å²) in [6.45, 7) is 0. The van der Waals surface area contributed by atoms with E-state index in [4.69, 9.17) is 21.4 Å². The number of ether oxygens (including phenoxy) is 1. The third kappa shape index (κ3) is 4.61. The average Bonchev–Trinajstić information content (AvgIpc) is 3.70. The number of nitrogens with one attached hydrogen (secondary N) is 1. The fraction of sp³-hybridized carbons (Fsp3) is 0.241. The number of pyridine rings is 1. The fourth-order valence-electron chi connectivity index (χ4n) is 5.30. The summed E-state index contributed by atoms with van der Waals surface area (Å²) >= 11 is 5.81. The van der Waals surface area contributed by atoms with Crippen molar-refractivity contribution in [1.29, 1.82) is 0 Å². The maximum absolute atomic E-state index is 11.6. The Morgan fingerprint density at radius 3 is 2.50 bits per heavy atom. The van der Waals surface area contributed by atoms with Gasteiger partial charge in [-0.2, -0.15) is 0 Å². The van der Waals surface area contributed by atoms with Gasteiger partial charge in [-0.25, -0.2) is 0 Å². The van der Waals surface area contributed by atoms with Crippen LogP contribution in [0.25, 0.3) is 11.3 Å². The van der Waals surface area contributed by atoms with E-state index in [0.717, 1.165) is 30.0 Å². The quantitative estimate of drug-likeness (QED) is 0.161. The Bertz CT molecular complexity index is 1450. The van der Waals surface area contributed by atoms with Crippen molar-refractivity contribution in [1.82, 2.24) is 10.3 Å². The van der Waals surface area contributed by atoms with Gasteiger partial charge >= 0.3 is 0 Å². The smallest absolute Gasteiger partial charge is 0.280 e. The van der Waals surface area contributed by atoms with Gasteiger partial charge in [-0.05, 0) is 92.5 Å². The van der Waals surface area contributed by atoms with Gasteiger partial charge in [0.05, 0.1) is 28.3 Å². The second-order valence-corrected chi connectivity index (χ2v) is 9.88. The predicted molar refractivity (Wildman–Crippen MR) is 148 cm³/mol. The molecule has 2 atom stereocenters. The summed E-state index contributed by atoms with van der Waals surface area (Å²) in [5.74, 6) is 1.88. The third-order valence-electron chi connectivity index (χ3n) is 7.10. The van der Waals surface area contributed by atoms with Crippen LogP contribution in [0.1, 0.15) is 49.2 Å².